The Kier molecular flexibility index (Phi) is 7.52. The number of carbonyl (C=O) groups excluding carboxylic acids is 3. The smallest absolute Gasteiger partial charge is 0.410 e. The van der Waals surface area contributed by atoms with E-state index in [-0.39, 0.29) is 42.2 Å². The van der Waals surface area contributed by atoms with Crippen molar-refractivity contribution >= 4 is 26.2 Å². The van der Waals surface area contributed by atoms with Gasteiger partial charge in [-0.05, 0) is 43.6 Å². The molecule has 0 unspecified atom stereocenters. The lowest BCUT2D eigenvalue weighted by Gasteiger charge is -2.38. The summed E-state index contributed by atoms with van der Waals surface area (Å²) in [6.07, 6.45) is 3.60. The summed E-state index contributed by atoms with van der Waals surface area (Å²) in [4.78, 5) is 41.2. The van der Waals surface area contributed by atoms with E-state index in [9.17, 15) is 14.4 Å². The number of likely N-dealkylation sites (tertiary alicyclic amines) is 1. The Labute approximate surface area is 203 Å². The molecular formula is C26H36N2O5Si. The van der Waals surface area contributed by atoms with Crippen LogP contribution < -0.4 is 0 Å². The molecule has 0 N–H and O–H groups in total. The van der Waals surface area contributed by atoms with Crippen molar-refractivity contribution in [2.45, 2.75) is 64.4 Å². The fourth-order valence-electron chi connectivity index (χ4n) is 4.10. The lowest BCUT2D eigenvalue weighted by molar-refractivity contribution is 0.0667. The van der Waals surface area contributed by atoms with Gasteiger partial charge in [0.05, 0.1) is 29.8 Å². The van der Waals surface area contributed by atoms with Gasteiger partial charge in [-0.3, -0.25) is 19.4 Å². The molecule has 2 atom stereocenters. The second kappa shape index (κ2) is 9.88. The summed E-state index contributed by atoms with van der Waals surface area (Å²) in [5.41, 5.74) is 1.69. The Balaban J connectivity index is 1.77. The van der Waals surface area contributed by atoms with Gasteiger partial charge in [-0.15, -0.1) is 0 Å². The zero-order valence-electron chi connectivity index (χ0n) is 21.1. The average molecular weight is 485 g/mol. The third kappa shape index (κ3) is 5.33. The van der Waals surface area contributed by atoms with Crippen LogP contribution >= 0.6 is 0 Å². The van der Waals surface area contributed by atoms with Crippen LogP contribution in [0.3, 0.4) is 0 Å². The van der Waals surface area contributed by atoms with Crippen molar-refractivity contribution in [3.63, 3.8) is 0 Å². The first-order valence-corrected chi connectivity index (χ1v) is 14.6. The number of hydrogen-bond acceptors (Lipinski definition) is 5. The van der Waals surface area contributed by atoms with Gasteiger partial charge in [0, 0.05) is 6.54 Å². The molecule has 7 nitrogen and oxygen atoms in total. The van der Waals surface area contributed by atoms with E-state index in [0.29, 0.717) is 24.1 Å². The molecule has 0 aromatic heterocycles. The van der Waals surface area contributed by atoms with Crippen LogP contribution in [0, 0.1) is 0 Å². The van der Waals surface area contributed by atoms with Crippen molar-refractivity contribution in [2.24, 2.45) is 0 Å². The first kappa shape index (κ1) is 25.9. The average Bonchev–Trinajstić information content (AvgIpc) is 3.25. The molecule has 2 heterocycles. The molecule has 2 aliphatic heterocycles. The number of ether oxygens (including phenoxy) is 1. The number of benzene rings is 1. The van der Waals surface area contributed by atoms with Crippen molar-refractivity contribution in [1.82, 2.24) is 9.80 Å². The third-order valence-corrected chi connectivity index (χ3v) is 11.4. The topological polar surface area (TPSA) is 76.2 Å². The number of nitrogens with zero attached hydrogens (tertiary/aromatic N) is 2. The highest BCUT2D eigenvalue weighted by Crippen LogP contribution is 2.39. The molecule has 0 bridgehead atoms. The molecule has 1 aromatic carbocycles. The third-order valence-electron chi connectivity index (χ3n) is 6.89. The van der Waals surface area contributed by atoms with Crippen LogP contribution in [0.1, 0.15) is 54.8 Å². The molecule has 0 spiro atoms. The van der Waals surface area contributed by atoms with Gasteiger partial charge in [-0.2, -0.15) is 0 Å². The summed E-state index contributed by atoms with van der Waals surface area (Å²) in [6, 6.07) is 6.60. The highest BCUT2D eigenvalue weighted by atomic mass is 28.4. The van der Waals surface area contributed by atoms with E-state index in [0.717, 1.165) is 5.57 Å². The molecule has 1 fully saturated rings. The van der Waals surface area contributed by atoms with Gasteiger partial charge in [0.15, 0.2) is 8.32 Å². The van der Waals surface area contributed by atoms with E-state index in [1.165, 1.54) is 11.0 Å². The first-order chi connectivity index (χ1) is 15.9. The molecule has 3 rings (SSSR count). The second-order valence-corrected chi connectivity index (χ2v) is 15.3. The van der Waals surface area contributed by atoms with Gasteiger partial charge in [0.2, 0.25) is 0 Å². The molecule has 3 amide bonds. The van der Waals surface area contributed by atoms with E-state index in [1.807, 2.05) is 13.0 Å². The summed E-state index contributed by atoms with van der Waals surface area (Å²) in [6.45, 7) is 17.2. The Bertz CT molecular complexity index is 976. The van der Waals surface area contributed by atoms with Crippen LogP contribution in [0.25, 0.3) is 0 Å². The fraction of sp³-hybridized carbons (Fsp3) is 0.500. The van der Waals surface area contributed by atoms with Crippen LogP contribution in [0.4, 0.5) is 4.79 Å². The van der Waals surface area contributed by atoms with Gasteiger partial charge >= 0.3 is 6.09 Å². The van der Waals surface area contributed by atoms with E-state index >= 15 is 0 Å². The molecule has 0 aliphatic carbocycles. The van der Waals surface area contributed by atoms with Gasteiger partial charge in [-0.25, -0.2) is 4.79 Å². The van der Waals surface area contributed by atoms with Crippen LogP contribution in [-0.2, 0) is 9.16 Å². The molecule has 8 heteroatoms. The van der Waals surface area contributed by atoms with Gasteiger partial charge < -0.3 is 9.16 Å². The van der Waals surface area contributed by atoms with Crippen LogP contribution in [0.5, 0.6) is 0 Å². The Hall–Kier alpha value is -2.71. The zero-order chi connectivity index (χ0) is 25.3. The van der Waals surface area contributed by atoms with Crippen molar-refractivity contribution in [3.05, 3.63) is 59.7 Å². The van der Waals surface area contributed by atoms with Crippen molar-refractivity contribution in [1.29, 1.82) is 0 Å². The predicted octanol–water partition coefficient (Wildman–Crippen LogP) is 5.02. The van der Waals surface area contributed by atoms with Crippen LogP contribution in [0.2, 0.25) is 18.1 Å². The lowest BCUT2D eigenvalue weighted by Crippen LogP contribution is -2.44. The van der Waals surface area contributed by atoms with E-state index < -0.39 is 14.4 Å². The van der Waals surface area contributed by atoms with E-state index in [2.05, 4.69) is 40.4 Å². The standard InChI is InChI=1S/C26H36N2O5Si/c1-8-13-32-25(31)27-17-20(33-34(6,7)26(3,4)5)15-19(27)14-18(2)16-28-23(29)21-11-9-10-12-22(21)24(28)30/h8-12,14,19-20H,1,13,15-17H2,2-7H3/b18-14+/t19-,20-/m1/s1. The maximum Gasteiger partial charge on any atom is 0.410 e. The Morgan fingerprint density at radius 3 is 2.29 bits per heavy atom. The quantitative estimate of drug-likeness (QED) is 0.309. The minimum atomic E-state index is -2.03. The largest absolute Gasteiger partial charge is 0.445 e. The van der Waals surface area contributed by atoms with Gasteiger partial charge in [0.1, 0.15) is 6.61 Å². The molecule has 34 heavy (non-hydrogen) atoms. The number of carbonyl (C=O) groups is 3. The molecule has 184 valence electrons. The van der Waals surface area contributed by atoms with Crippen molar-refractivity contribution in [3.8, 4) is 0 Å². The number of rotatable bonds is 7. The summed E-state index contributed by atoms with van der Waals surface area (Å²) >= 11 is 0. The highest BCUT2D eigenvalue weighted by molar-refractivity contribution is 6.74. The second-order valence-electron chi connectivity index (χ2n) is 10.6. The monoisotopic (exact) mass is 484 g/mol. The zero-order valence-corrected chi connectivity index (χ0v) is 22.1. The number of fused-ring (bicyclic) bond motifs is 1. The predicted molar refractivity (Wildman–Crippen MR) is 134 cm³/mol. The fourth-order valence-corrected chi connectivity index (χ4v) is 5.46. The minimum Gasteiger partial charge on any atom is -0.445 e. The van der Waals surface area contributed by atoms with Gasteiger partial charge in [-0.1, -0.05) is 57.2 Å². The Morgan fingerprint density at radius 2 is 1.76 bits per heavy atom. The Morgan fingerprint density at radius 1 is 1.18 bits per heavy atom. The maximum atomic E-state index is 12.8. The minimum absolute atomic E-state index is 0.0521. The van der Waals surface area contributed by atoms with Gasteiger partial charge in [0.25, 0.3) is 11.8 Å². The molecule has 0 saturated carbocycles. The summed E-state index contributed by atoms with van der Waals surface area (Å²) in [5.74, 6) is -0.581. The van der Waals surface area contributed by atoms with Crippen LogP contribution in [0.15, 0.2) is 48.6 Å². The number of imide groups is 1. The molecule has 0 radical (unpaired) electrons. The normalized spacial score (nSPS) is 21.2. The number of amides is 3. The SMILES string of the molecule is C=CCOC(=O)N1C[C@H](O[Si](C)(C)C(C)(C)C)C[C@H]1/C=C(\C)CN1C(=O)c2ccccc2C1=O. The van der Waals surface area contributed by atoms with Crippen molar-refractivity contribution in [2.75, 3.05) is 19.7 Å². The molecule has 1 saturated heterocycles. The molecular weight excluding hydrogens is 448 g/mol. The molecule has 2 aliphatic rings. The highest BCUT2D eigenvalue weighted by Gasteiger charge is 2.43. The summed E-state index contributed by atoms with van der Waals surface area (Å²) < 4.78 is 11.9. The van der Waals surface area contributed by atoms with Crippen LogP contribution in [-0.4, -0.2) is 67.9 Å². The maximum absolute atomic E-state index is 12.8. The summed E-state index contributed by atoms with van der Waals surface area (Å²) in [5, 5.41) is 0.0521. The summed E-state index contributed by atoms with van der Waals surface area (Å²) in [7, 11) is -2.03. The van der Waals surface area contributed by atoms with E-state index in [1.54, 1.807) is 29.2 Å². The van der Waals surface area contributed by atoms with Crippen molar-refractivity contribution < 1.29 is 23.5 Å². The molecule has 1 aromatic rings. The lowest BCUT2D eigenvalue weighted by atomic mass is 10.1. The first-order valence-electron chi connectivity index (χ1n) is 11.7. The van der Waals surface area contributed by atoms with E-state index in [4.69, 9.17) is 9.16 Å². The number of hydrogen-bond donors (Lipinski definition) is 0.